The minimum Gasteiger partial charge on any atom is -0.371 e. The van der Waals surface area contributed by atoms with Gasteiger partial charge in [-0.1, -0.05) is 12.8 Å². The van der Waals surface area contributed by atoms with Gasteiger partial charge in [0.15, 0.2) is 0 Å². The molecule has 0 aromatic heterocycles. The van der Waals surface area contributed by atoms with E-state index in [2.05, 4.69) is 11.9 Å². The first-order valence-corrected chi connectivity index (χ1v) is 6.33. The van der Waals surface area contributed by atoms with Gasteiger partial charge < -0.3 is 4.90 Å². The van der Waals surface area contributed by atoms with Crippen LogP contribution in [-0.2, 0) is 5.88 Å². The summed E-state index contributed by atoms with van der Waals surface area (Å²) in [5.74, 6) is 0.156. The summed E-state index contributed by atoms with van der Waals surface area (Å²) in [6.07, 6.45) is 5.06. The third-order valence-electron chi connectivity index (χ3n) is 3.44. The second-order valence-corrected chi connectivity index (χ2v) is 4.72. The van der Waals surface area contributed by atoms with Gasteiger partial charge in [-0.2, -0.15) is 0 Å². The standard InChI is InChI=1S/C13H17ClFN/c1-16(12-4-2-3-5-12)13-7-6-11(15)8-10(13)9-14/h6-8,12H,2-5,9H2,1H3. The van der Waals surface area contributed by atoms with Gasteiger partial charge in [-0.05, 0) is 36.6 Å². The van der Waals surface area contributed by atoms with E-state index in [0.29, 0.717) is 11.9 Å². The smallest absolute Gasteiger partial charge is 0.123 e. The summed E-state index contributed by atoms with van der Waals surface area (Å²) in [6.45, 7) is 0. The lowest BCUT2D eigenvalue weighted by molar-refractivity contribution is 0.622. The van der Waals surface area contributed by atoms with E-state index < -0.39 is 0 Å². The fraction of sp³-hybridized carbons (Fsp3) is 0.538. The summed E-state index contributed by atoms with van der Waals surface area (Å²) in [5, 5.41) is 0. The summed E-state index contributed by atoms with van der Waals surface area (Å²) in [7, 11) is 2.08. The SMILES string of the molecule is CN(c1ccc(F)cc1CCl)C1CCCC1. The number of anilines is 1. The van der Waals surface area contributed by atoms with Crippen molar-refractivity contribution in [1.29, 1.82) is 0 Å². The quantitative estimate of drug-likeness (QED) is 0.725. The van der Waals surface area contributed by atoms with Gasteiger partial charge >= 0.3 is 0 Å². The van der Waals surface area contributed by atoms with Crippen LogP contribution in [0.15, 0.2) is 18.2 Å². The van der Waals surface area contributed by atoms with Crippen molar-refractivity contribution in [2.24, 2.45) is 0 Å². The molecule has 0 aliphatic heterocycles. The summed E-state index contributed by atoms with van der Waals surface area (Å²) in [5.41, 5.74) is 1.96. The highest BCUT2D eigenvalue weighted by molar-refractivity contribution is 6.17. The highest BCUT2D eigenvalue weighted by atomic mass is 35.5. The number of benzene rings is 1. The van der Waals surface area contributed by atoms with Crippen molar-refractivity contribution in [2.45, 2.75) is 37.6 Å². The molecule has 1 saturated carbocycles. The van der Waals surface area contributed by atoms with Gasteiger partial charge in [0, 0.05) is 24.7 Å². The van der Waals surface area contributed by atoms with E-state index in [4.69, 9.17) is 11.6 Å². The Bertz CT molecular complexity index is 361. The molecule has 0 radical (unpaired) electrons. The lowest BCUT2D eigenvalue weighted by Gasteiger charge is -2.28. The number of rotatable bonds is 3. The highest BCUT2D eigenvalue weighted by Gasteiger charge is 2.21. The third-order valence-corrected chi connectivity index (χ3v) is 3.73. The second-order valence-electron chi connectivity index (χ2n) is 4.46. The largest absolute Gasteiger partial charge is 0.371 e. The van der Waals surface area contributed by atoms with Crippen LogP contribution in [0.3, 0.4) is 0 Å². The van der Waals surface area contributed by atoms with E-state index in [-0.39, 0.29) is 5.82 Å². The van der Waals surface area contributed by atoms with Crippen molar-refractivity contribution in [1.82, 2.24) is 0 Å². The van der Waals surface area contributed by atoms with Crippen molar-refractivity contribution < 1.29 is 4.39 Å². The van der Waals surface area contributed by atoms with Crippen LogP contribution in [0.2, 0.25) is 0 Å². The molecular weight excluding hydrogens is 225 g/mol. The van der Waals surface area contributed by atoms with Crippen molar-refractivity contribution in [2.75, 3.05) is 11.9 Å². The molecule has 1 aliphatic carbocycles. The van der Waals surface area contributed by atoms with Gasteiger partial charge in [-0.3, -0.25) is 0 Å². The summed E-state index contributed by atoms with van der Waals surface area (Å²) in [4.78, 5) is 2.25. The fourth-order valence-electron chi connectivity index (χ4n) is 2.49. The van der Waals surface area contributed by atoms with Crippen LogP contribution in [-0.4, -0.2) is 13.1 Å². The monoisotopic (exact) mass is 241 g/mol. The lowest BCUT2D eigenvalue weighted by Crippen LogP contribution is -2.29. The Balaban J connectivity index is 2.24. The Morgan fingerprint density at radius 3 is 2.69 bits per heavy atom. The predicted molar refractivity (Wildman–Crippen MR) is 66.6 cm³/mol. The molecule has 0 unspecified atom stereocenters. The van der Waals surface area contributed by atoms with Crippen LogP contribution in [0.5, 0.6) is 0 Å². The highest BCUT2D eigenvalue weighted by Crippen LogP contribution is 2.30. The zero-order chi connectivity index (χ0) is 11.5. The molecule has 1 aromatic rings. The van der Waals surface area contributed by atoms with Gasteiger partial charge in [-0.15, -0.1) is 11.6 Å². The molecule has 0 spiro atoms. The van der Waals surface area contributed by atoms with E-state index in [9.17, 15) is 4.39 Å². The Kier molecular flexibility index (Phi) is 3.70. The van der Waals surface area contributed by atoms with Crippen LogP contribution in [0.25, 0.3) is 0 Å². The maximum Gasteiger partial charge on any atom is 0.123 e. The van der Waals surface area contributed by atoms with Gasteiger partial charge in [0.05, 0.1) is 0 Å². The molecule has 0 amide bonds. The molecule has 0 N–H and O–H groups in total. The van der Waals surface area contributed by atoms with Crippen molar-refractivity contribution in [3.63, 3.8) is 0 Å². The molecule has 1 aliphatic rings. The number of nitrogens with zero attached hydrogens (tertiary/aromatic N) is 1. The zero-order valence-corrected chi connectivity index (χ0v) is 10.3. The van der Waals surface area contributed by atoms with Crippen molar-refractivity contribution >= 4 is 17.3 Å². The fourth-order valence-corrected chi connectivity index (χ4v) is 2.71. The van der Waals surface area contributed by atoms with Gasteiger partial charge in [-0.25, -0.2) is 4.39 Å². The molecule has 1 aromatic carbocycles. The summed E-state index contributed by atoms with van der Waals surface area (Å²) >= 11 is 5.86. The normalized spacial score (nSPS) is 16.7. The molecule has 0 bridgehead atoms. The second kappa shape index (κ2) is 5.05. The van der Waals surface area contributed by atoms with E-state index in [1.807, 2.05) is 6.07 Å². The van der Waals surface area contributed by atoms with Crippen molar-refractivity contribution in [3.05, 3.63) is 29.6 Å². The molecule has 88 valence electrons. The average molecular weight is 242 g/mol. The minimum absolute atomic E-state index is 0.209. The Morgan fingerprint density at radius 2 is 2.06 bits per heavy atom. The molecular formula is C13H17ClFN. The van der Waals surface area contributed by atoms with E-state index in [1.165, 1.54) is 37.8 Å². The maximum atomic E-state index is 13.1. The third kappa shape index (κ3) is 2.32. The predicted octanol–water partition coefficient (Wildman–Crippen LogP) is 3.94. The Hall–Kier alpha value is -0.760. The molecule has 1 nitrogen and oxygen atoms in total. The molecule has 3 heteroatoms. The molecule has 1 fully saturated rings. The van der Waals surface area contributed by atoms with Crippen LogP contribution in [0.4, 0.5) is 10.1 Å². The zero-order valence-electron chi connectivity index (χ0n) is 9.55. The first-order valence-electron chi connectivity index (χ1n) is 5.79. The molecule has 16 heavy (non-hydrogen) atoms. The molecule has 0 heterocycles. The van der Waals surface area contributed by atoms with Crippen LogP contribution in [0.1, 0.15) is 31.2 Å². The number of halogens is 2. The molecule has 0 saturated heterocycles. The van der Waals surface area contributed by atoms with Crippen molar-refractivity contribution in [3.8, 4) is 0 Å². The first-order chi connectivity index (χ1) is 7.72. The van der Waals surface area contributed by atoms with Gasteiger partial charge in [0.25, 0.3) is 0 Å². The molecule has 0 atom stereocenters. The molecule has 2 rings (SSSR count). The van der Waals surface area contributed by atoms with E-state index in [1.54, 1.807) is 0 Å². The first kappa shape index (κ1) is 11.7. The number of alkyl halides is 1. The van der Waals surface area contributed by atoms with Crippen LogP contribution >= 0.6 is 11.6 Å². The summed E-state index contributed by atoms with van der Waals surface area (Å²) in [6, 6.07) is 5.48. The van der Waals surface area contributed by atoms with Gasteiger partial charge in [0.1, 0.15) is 5.82 Å². The van der Waals surface area contributed by atoms with Crippen LogP contribution < -0.4 is 4.90 Å². The van der Waals surface area contributed by atoms with E-state index >= 15 is 0 Å². The lowest BCUT2D eigenvalue weighted by atomic mass is 10.1. The van der Waals surface area contributed by atoms with Gasteiger partial charge in [0.2, 0.25) is 0 Å². The topological polar surface area (TPSA) is 3.24 Å². The Labute approximate surface area is 101 Å². The number of hydrogen-bond donors (Lipinski definition) is 0. The Morgan fingerprint density at radius 1 is 1.38 bits per heavy atom. The van der Waals surface area contributed by atoms with E-state index in [0.717, 1.165) is 11.3 Å². The number of hydrogen-bond acceptors (Lipinski definition) is 1. The summed E-state index contributed by atoms with van der Waals surface area (Å²) < 4.78 is 13.1. The minimum atomic E-state index is -0.209. The van der Waals surface area contributed by atoms with Crippen LogP contribution in [0, 0.1) is 5.82 Å². The maximum absolute atomic E-state index is 13.1. The average Bonchev–Trinajstić information content (AvgIpc) is 2.81.